The summed E-state index contributed by atoms with van der Waals surface area (Å²) in [5, 5.41) is 0. The molecule has 10 aromatic rings. The third-order valence-electron chi connectivity index (χ3n) is 18.6. The van der Waals surface area contributed by atoms with Crippen LogP contribution >= 0.6 is 0 Å². The van der Waals surface area contributed by atoms with Gasteiger partial charge in [0, 0.05) is 7.11 Å². The van der Waals surface area contributed by atoms with Crippen LogP contribution in [0, 0.1) is 0 Å². The van der Waals surface area contributed by atoms with E-state index < -0.39 is 154 Å². The van der Waals surface area contributed by atoms with Gasteiger partial charge in [-0.1, -0.05) is 218 Å². The van der Waals surface area contributed by atoms with E-state index in [0.717, 1.165) is 16.7 Å². The van der Waals surface area contributed by atoms with E-state index in [4.69, 9.17) is 75.8 Å². The molecule has 13 rings (SSSR count). The van der Waals surface area contributed by atoms with Crippen LogP contribution in [0.5, 0.6) is 0 Å². The topological polar surface area (TPSA) is 267 Å². The van der Waals surface area contributed by atoms with Crippen molar-refractivity contribution in [2.45, 2.75) is 112 Å². The molecule has 0 amide bonds. The summed E-state index contributed by atoms with van der Waals surface area (Å²) >= 11 is 0. The van der Waals surface area contributed by atoms with Crippen molar-refractivity contribution in [3.8, 4) is 0 Å². The Labute approximate surface area is 645 Å². The summed E-state index contributed by atoms with van der Waals surface area (Å²) in [6.45, 7) is -1.92. The number of hydrogen-bond acceptors (Lipinski definition) is 23. The van der Waals surface area contributed by atoms with Crippen LogP contribution < -0.4 is 0 Å². The highest BCUT2D eigenvalue weighted by Crippen LogP contribution is 2.39. The minimum absolute atomic E-state index is 0.00852. The number of methoxy groups -OCH3 is 1. The molecule has 0 spiro atoms. The average molecular weight is 1520 g/mol. The van der Waals surface area contributed by atoms with Gasteiger partial charge in [-0.05, 0) is 102 Å². The van der Waals surface area contributed by atoms with Crippen molar-refractivity contribution >= 4 is 41.8 Å². The van der Waals surface area contributed by atoms with E-state index in [1.807, 2.05) is 91.0 Å². The largest absolute Gasteiger partial charge is 0.459 e. The minimum atomic E-state index is -2.16. The Morgan fingerprint density at radius 2 is 0.500 bits per heavy atom. The number of ether oxygens (including phenoxy) is 16. The van der Waals surface area contributed by atoms with Crippen molar-refractivity contribution in [1.82, 2.24) is 0 Å². The number of hydrogen-bond donors (Lipinski definition) is 0. The van der Waals surface area contributed by atoms with Crippen LogP contribution in [0.25, 0.3) is 0 Å². The maximum absolute atomic E-state index is 15.3. The summed E-state index contributed by atoms with van der Waals surface area (Å²) in [4.78, 5) is 104. The van der Waals surface area contributed by atoms with Crippen molar-refractivity contribution in [2.75, 3.05) is 26.9 Å². The molecule has 3 heterocycles. The predicted octanol–water partition coefficient (Wildman–Crippen LogP) is 12.8. The van der Waals surface area contributed by atoms with E-state index in [0.29, 0.717) is 0 Å². The van der Waals surface area contributed by atoms with Crippen molar-refractivity contribution in [1.29, 1.82) is 0 Å². The fourth-order valence-corrected chi connectivity index (χ4v) is 13.0. The summed E-state index contributed by atoms with van der Waals surface area (Å²) < 4.78 is 107. The summed E-state index contributed by atoms with van der Waals surface area (Å²) in [5.74, 6) is -6.84. The van der Waals surface area contributed by atoms with E-state index in [1.54, 1.807) is 127 Å². The molecular formula is C89H80O23. The van der Waals surface area contributed by atoms with Gasteiger partial charge < -0.3 is 75.8 Å². The number of benzene rings is 10. The second-order valence-corrected chi connectivity index (χ2v) is 26.2. The first-order chi connectivity index (χ1) is 54.9. The number of rotatable bonds is 31. The van der Waals surface area contributed by atoms with E-state index >= 15 is 14.4 Å². The summed E-state index contributed by atoms with van der Waals surface area (Å²) in [6, 6.07) is 83.2. The third-order valence-corrected chi connectivity index (χ3v) is 18.6. The zero-order valence-corrected chi connectivity index (χ0v) is 60.7. The molecule has 23 nitrogen and oxygen atoms in total. The predicted molar refractivity (Wildman–Crippen MR) is 401 cm³/mol. The highest BCUT2D eigenvalue weighted by atomic mass is 16.8. The van der Waals surface area contributed by atoms with Crippen LogP contribution in [-0.2, 0) is 95.6 Å². The van der Waals surface area contributed by atoms with Gasteiger partial charge in [0.05, 0.1) is 65.4 Å². The lowest BCUT2D eigenvalue weighted by molar-refractivity contribution is -0.363. The normalized spacial score (nSPS) is 23.3. The van der Waals surface area contributed by atoms with Gasteiger partial charge in [0.2, 0.25) is 0 Å². The van der Waals surface area contributed by atoms with Gasteiger partial charge in [0.25, 0.3) is 0 Å². The van der Waals surface area contributed by atoms with Crippen LogP contribution in [-0.4, -0.2) is 161 Å². The van der Waals surface area contributed by atoms with Gasteiger partial charge in [0.1, 0.15) is 55.9 Å². The lowest BCUT2D eigenvalue weighted by atomic mass is 9.95. The van der Waals surface area contributed by atoms with Crippen molar-refractivity contribution in [3.05, 3.63) is 359 Å². The fraction of sp³-hybridized carbons (Fsp3) is 0.247. The lowest BCUT2D eigenvalue weighted by Gasteiger charge is -2.49. The molecule has 0 unspecified atom stereocenters. The van der Waals surface area contributed by atoms with Crippen LogP contribution in [0.4, 0.5) is 0 Å². The van der Waals surface area contributed by atoms with Crippen molar-refractivity contribution in [2.24, 2.45) is 0 Å². The molecule has 112 heavy (non-hydrogen) atoms. The molecule has 0 aromatic heterocycles. The highest BCUT2D eigenvalue weighted by molar-refractivity contribution is 5.93. The van der Waals surface area contributed by atoms with Crippen LogP contribution in [0.15, 0.2) is 303 Å². The van der Waals surface area contributed by atoms with Crippen LogP contribution in [0.1, 0.15) is 89.2 Å². The summed E-state index contributed by atoms with van der Waals surface area (Å²) in [6.07, 6.45) is -24.9. The lowest BCUT2D eigenvalue weighted by Crippen LogP contribution is -2.67. The SMILES string of the molecule is CO[C@H]1O[C@H](CO[C@@H]2O[C@H](COC(=O)c3ccccc3)[C@@H](O[C@@H]3O[C@H](COC(=O)c4ccccc4)[C@H](OC(=O)c4ccccc4)[C@H](OC(=O)c4ccccc4)[C@H]3OC(=O)c3ccccc3)[C@H](OC(=O)c3ccccc3)[C@H]2OC(=O)c2ccccc2)[C@@H](OCc2ccccc2)[C@H](OCc2ccccc2)[C@@H]1OCc1ccccc1. The Kier molecular flexibility index (Phi) is 27.4. The Morgan fingerprint density at radius 1 is 0.241 bits per heavy atom. The standard InChI is InChI=1S/C89H80O23/c1-97-87-77(100-54-60-36-16-4-17-37-60)74(99-53-59-34-14-3-15-35-59)71(98-52-58-32-12-2-13-33-58)68(104-87)57-103-88-78(110-85(95)66-48-28-10-29-49-66)76(109-84(94)65-46-26-9-27-47-65)73(70(105-88)56-102-81(91)62-40-20-6-21-41-62)112-89-79(111-86(96)67-50-30-11-31-51-67)75(108-83(93)64-44-24-8-25-45-64)72(107-82(92)63-42-22-7-23-43-63)69(106-89)55-101-80(90)61-38-18-5-19-39-61/h2-51,68-79,87-89H,52-57H2,1H3/t68-,69-,70-,71-,72+,73-,74+,75+,76+,77+,78-,79-,87+,88-,89+/m1/s1. The highest BCUT2D eigenvalue weighted by Gasteiger charge is 2.59. The second kappa shape index (κ2) is 39.2. The third kappa shape index (κ3) is 20.6. The molecule has 10 aromatic carbocycles. The number of esters is 7. The monoisotopic (exact) mass is 1520 g/mol. The van der Waals surface area contributed by atoms with Crippen LogP contribution in [0.3, 0.4) is 0 Å². The Hall–Kier alpha value is -11.9. The first kappa shape index (κ1) is 78.3. The molecule has 0 N–H and O–H groups in total. The number of carbonyl (C=O) groups is 7. The molecule has 574 valence electrons. The second-order valence-electron chi connectivity index (χ2n) is 26.2. The van der Waals surface area contributed by atoms with Gasteiger partial charge in [-0.15, -0.1) is 0 Å². The molecule has 3 aliphatic heterocycles. The molecule has 3 fully saturated rings. The number of carbonyl (C=O) groups excluding carboxylic acids is 7. The Morgan fingerprint density at radius 3 is 0.857 bits per heavy atom. The first-order valence-electron chi connectivity index (χ1n) is 36.4. The molecular weight excluding hydrogens is 1440 g/mol. The minimum Gasteiger partial charge on any atom is -0.459 e. The average Bonchev–Trinajstić information content (AvgIpc) is 0.754. The molecule has 0 bridgehead atoms. The van der Waals surface area contributed by atoms with E-state index in [1.165, 1.54) is 92.0 Å². The summed E-state index contributed by atoms with van der Waals surface area (Å²) in [7, 11) is 1.45. The fourth-order valence-electron chi connectivity index (χ4n) is 13.0. The maximum atomic E-state index is 15.3. The molecule has 23 heteroatoms. The van der Waals surface area contributed by atoms with Gasteiger partial charge in [-0.3, -0.25) is 0 Å². The quantitative estimate of drug-likeness (QED) is 0.0288. The Bertz CT molecular complexity index is 4640. The zero-order valence-electron chi connectivity index (χ0n) is 60.7. The first-order valence-corrected chi connectivity index (χ1v) is 36.4. The van der Waals surface area contributed by atoms with Crippen molar-refractivity contribution < 1.29 is 109 Å². The smallest absolute Gasteiger partial charge is 0.338 e. The maximum Gasteiger partial charge on any atom is 0.338 e. The van der Waals surface area contributed by atoms with E-state index in [-0.39, 0.29) is 58.8 Å². The van der Waals surface area contributed by atoms with E-state index in [9.17, 15) is 19.2 Å². The van der Waals surface area contributed by atoms with Gasteiger partial charge >= 0.3 is 41.8 Å². The summed E-state index contributed by atoms with van der Waals surface area (Å²) in [5.41, 5.74) is 2.61. The molecule has 15 atom stereocenters. The van der Waals surface area contributed by atoms with Crippen LogP contribution in [0.2, 0.25) is 0 Å². The molecule has 3 aliphatic rings. The van der Waals surface area contributed by atoms with E-state index in [2.05, 4.69) is 0 Å². The Balaban J connectivity index is 0.950. The van der Waals surface area contributed by atoms with Crippen molar-refractivity contribution in [3.63, 3.8) is 0 Å². The van der Waals surface area contributed by atoms with Gasteiger partial charge in [-0.2, -0.15) is 0 Å². The zero-order chi connectivity index (χ0) is 77.4. The molecule has 3 saturated heterocycles. The van der Waals surface area contributed by atoms with Gasteiger partial charge in [0.15, 0.2) is 49.4 Å². The molecule has 0 radical (unpaired) electrons. The molecule has 0 saturated carbocycles. The van der Waals surface area contributed by atoms with Gasteiger partial charge in [-0.25, -0.2) is 33.6 Å². The molecule has 0 aliphatic carbocycles.